The molecule has 638 valence electrons. The molecule has 0 unspecified atom stereocenters. The number of para-hydroxylation sites is 10. The average molecular weight is 1760 g/mol. The Balaban J connectivity index is 0.000000115. The molecule has 0 amide bonds. The van der Waals surface area contributed by atoms with Crippen molar-refractivity contribution in [1.82, 2.24) is 0 Å². The standard InChI is InChI=1S/C32H26NOSi.C27H24NOSi.C20H26NOSi.C19H16NO.C17H20NOSi/c1-5-15-27(16-6-1)33-24-26-14-13-23-31(32(26)34-25-33)35(28-17-7-2-8-18-28,29-19-9-3-10-20-29)30-21-11-4-12-22-30;1-30(24-15-7-3-8-16-24,25-17-9-4-10-18-25)26-19-11-12-22-20-28(21-29-27(22)26)23-13-5-2-6-14-23;1-4-23(5-2,6-3)19-14-10-11-17-15-21(16-22-20(17)19)18-12-8-7-9-13-18;1-2-10-17(11-3-1)20-13-16-9-6-12-18(19(16)21-14-20)15-7-4-5-8-15;1-20(2,3)16-11-7-8-14-12-18(13-19-17(14)16)15-9-5-4-6-10-15/h1-24H,25H2;2-20H,21H2,1H3;7-15H,4-6,16H2,1-3H3;1-13,15H,14H2;4-12H,13H2,1-3H3/q5*+1. The third-order valence-electron chi connectivity index (χ3n) is 25.7. The van der Waals surface area contributed by atoms with Crippen molar-refractivity contribution in [1.29, 1.82) is 0 Å². The fourth-order valence-electron chi connectivity index (χ4n) is 18.6. The predicted octanol–water partition coefficient (Wildman–Crippen LogP) is 19.9. The van der Waals surface area contributed by atoms with Gasteiger partial charge in [0.05, 0.1) is 44.0 Å². The minimum absolute atomic E-state index is 0.330. The van der Waals surface area contributed by atoms with Crippen molar-refractivity contribution in [3.63, 3.8) is 0 Å². The highest BCUT2D eigenvalue weighted by Gasteiger charge is 2.46. The molecular formula is C115H112N5O5Si4+5. The molecular weight excluding hydrogens is 1640 g/mol. The van der Waals surface area contributed by atoms with Crippen LogP contribution in [0.1, 0.15) is 60.1 Å². The van der Waals surface area contributed by atoms with E-state index in [1.54, 1.807) is 0 Å². The predicted molar refractivity (Wildman–Crippen MR) is 545 cm³/mol. The molecule has 14 heteroatoms. The van der Waals surface area contributed by atoms with Gasteiger partial charge in [-0.1, -0.05) is 393 Å². The number of hydrogen-bond donors (Lipinski definition) is 0. The van der Waals surface area contributed by atoms with Gasteiger partial charge in [0.15, 0.2) is 39.1 Å². The van der Waals surface area contributed by atoms with E-state index in [-0.39, 0.29) is 0 Å². The summed E-state index contributed by atoms with van der Waals surface area (Å²) in [5, 5.41) is 12.3. The van der Waals surface area contributed by atoms with E-state index >= 15 is 0 Å². The summed E-state index contributed by atoms with van der Waals surface area (Å²) in [6.45, 7) is 19.3. The zero-order chi connectivity index (χ0) is 88.4. The second kappa shape index (κ2) is 40.3. The second-order valence-corrected chi connectivity index (χ2v) is 52.3. The molecule has 21 rings (SSSR count). The first-order chi connectivity index (χ1) is 63.3. The van der Waals surface area contributed by atoms with Gasteiger partial charge in [0.25, 0.3) is 33.7 Å². The zero-order valence-corrected chi connectivity index (χ0v) is 78.7. The first kappa shape index (κ1) is 87.1. The minimum atomic E-state index is -2.64. The van der Waals surface area contributed by atoms with E-state index in [2.05, 4.69) is 477 Å². The highest BCUT2D eigenvalue weighted by atomic mass is 28.3. The molecule has 0 saturated carbocycles. The van der Waals surface area contributed by atoms with Crippen LogP contribution >= 0.6 is 0 Å². The van der Waals surface area contributed by atoms with Crippen LogP contribution in [0.4, 0.5) is 28.4 Å². The van der Waals surface area contributed by atoms with Crippen molar-refractivity contribution < 1.29 is 46.6 Å². The van der Waals surface area contributed by atoms with Crippen LogP contribution in [0, 0.1) is 0 Å². The Labute approximate surface area is 765 Å². The topological polar surface area (TPSA) is 61.2 Å². The largest absolute Gasteiger partial charge is 0.435 e. The van der Waals surface area contributed by atoms with E-state index in [1.807, 2.05) is 42.5 Å². The van der Waals surface area contributed by atoms with E-state index < -0.39 is 32.3 Å². The first-order valence-electron chi connectivity index (χ1n) is 45.1. The first-order valence-corrected chi connectivity index (χ1v) is 55.7. The van der Waals surface area contributed by atoms with Gasteiger partial charge < -0.3 is 23.7 Å². The lowest BCUT2D eigenvalue weighted by molar-refractivity contribution is -0.476. The molecule has 0 aromatic heterocycles. The van der Waals surface area contributed by atoms with Crippen LogP contribution in [-0.4, -0.2) is 120 Å². The summed E-state index contributed by atoms with van der Waals surface area (Å²) in [5.74, 6) is 5.56. The summed E-state index contributed by atoms with van der Waals surface area (Å²) in [7, 11) is -7.68. The number of allylic oxidation sites excluding steroid dienone is 4. The maximum atomic E-state index is 6.62. The normalized spacial score (nSPS) is 13.9. The van der Waals surface area contributed by atoms with Crippen molar-refractivity contribution in [2.24, 2.45) is 0 Å². The molecule has 0 saturated heterocycles. The number of fused-ring (bicyclic) bond motifs is 5. The lowest BCUT2D eigenvalue weighted by Crippen LogP contribution is -2.75. The fraction of sp³-hybridized carbons (Fsp3) is 0.139. The van der Waals surface area contributed by atoms with Crippen LogP contribution in [0.15, 0.2) is 419 Å². The second-order valence-electron chi connectivity index (χ2n) is 34.3. The van der Waals surface area contributed by atoms with Crippen molar-refractivity contribution in [3.8, 4) is 28.7 Å². The van der Waals surface area contributed by atoms with Crippen molar-refractivity contribution in [3.05, 3.63) is 452 Å². The molecule has 0 bridgehead atoms. The maximum absolute atomic E-state index is 6.62. The van der Waals surface area contributed by atoms with Crippen LogP contribution in [0.2, 0.25) is 44.3 Å². The quantitative estimate of drug-likeness (QED) is 0.0487. The fourth-order valence-corrected chi connectivity index (χ4v) is 32.6. The van der Waals surface area contributed by atoms with Gasteiger partial charge >= 0.3 is 0 Å². The summed E-state index contributed by atoms with van der Waals surface area (Å²) in [5.41, 5.74) is 12.8. The Hall–Kier alpha value is -14.0. The molecule has 0 spiro atoms. The Kier molecular flexibility index (Phi) is 27.2. The molecule has 10 nitrogen and oxygen atoms in total. The summed E-state index contributed by atoms with van der Waals surface area (Å²) >= 11 is 0. The number of hydrogen-bond acceptors (Lipinski definition) is 5. The number of ether oxygens (including phenoxy) is 5. The molecule has 1 aliphatic carbocycles. The van der Waals surface area contributed by atoms with Crippen LogP contribution in [0.3, 0.4) is 0 Å². The number of nitrogens with zero attached hydrogens (tertiary/aromatic N) is 5. The van der Waals surface area contributed by atoms with Crippen LogP contribution in [-0.2, 0) is 0 Å². The monoisotopic (exact) mass is 1750 g/mol. The van der Waals surface area contributed by atoms with Crippen molar-refractivity contribution in [2.45, 2.75) is 71.0 Å². The van der Waals surface area contributed by atoms with Gasteiger partial charge in [-0.25, -0.2) is 0 Å². The highest BCUT2D eigenvalue weighted by molar-refractivity contribution is 7.20. The molecule has 15 aromatic rings. The van der Waals surface area contributed by atoms with Crippen LogP contribution in [0.25, 0.3) is 0 Å². The SMILES string of the molecule is C1=CC(c2cccc3c2OC[N+](c2ccccc2)=C3)C=C1.C1=[N+](c2ccccc2)COc2c1cccc2[Si](c1ccccc1)(c1ccccc1)c1ccccc1.CC[Si](CC)(CC)c1cccc2c1OC[N+](c1ccccc1)=C2.C[Si](C)(C)c1cccc2c1OC[N+](c1ccccc1)=C2.C[Si](c1ccccc1)(c1ccccc1)c1cccc2c1OC[N+](c1ccccc1)=C2. The zero-order valence-electron chi connectivity index (χ0n) is 74.7. The van der Waals surface area contributed by atoms with Gasteiger partial charge in [-0.05, 0) is 77.0 Å². The highest BCUT2D eigenvalue weighted by Crippen LogP contribution is 2.37. The smallest absolute Gasteiger partial charge is 0.292 e. The third-order valence-corrected chi connectivity index (χ3v) is 42.5. The Morgan fingerprint density at radius 1 is 0.240 bits per heavy atom. The summed E-state index contributed by atoms with van der Waals surface area (Å²) in [4.78, 5) is 0. The third kappa shape index (κ3) is 18.9. The minimum Gasteiger partial charge on any atom is -0.435 e. The molecule has 0 radical (unpaired) electrons. The Morgan fingerprint density at radius 3 is 0.791 bits per heavy atom. The van der Waals surface area contributed by atoms with E-state index in [0.717, 1.165) is 68.2 Å². The van der Waals surface area contributed by atoms with Gasteiger partial charge in [0, 0.05) is 72.1 Å². The van der Waals surface area contributed by atoms with Gasteiger partial charge in [0.2, 0.25) is 28.4 Å². The Morgan fingerprint density at radius 2 is 0.481 bits per heavy atom. The van der Waals surface area contributed by atoms with E-state index in [0.29, 0.717) is 39.6 Å². The van der Waals surface area contributed by atoms with Gasteiger partial charge in [-0.15, -0.1) is 0 Å². The van der Waals surface area contributed by atoms with Crippen LogP contribution < -0.4 is 70.4 Å². The summed E-state index contributed by atoms with van der Waals surface area (Å²) in [6.07, 6.45) is 19.6. The number of rotatable bonds is 18. The van der Waals surface area contributed by atoms with E-state index in [4.69, 9.17) is 23.7 Å². The van der Waals surface area contributed by atoms with Crippen molar-refractivity contribution in [2.75, 3.05) is 33.7 Å². The van der Waals surface area contributed by atoms with Gasteiger partial charge in [-0.2, -0.15) is 22.9 Å². The van der Waals surface area contributed by atoms with Gasteiger partial charge in [0.1, 0.15) is 36.8 Å². The van der Waals surface area contributed by atoms with Crippen molar-refractivity contribution >= 4 is 138 Å². The molecule has 0 atom stereocenters. The van der Waals surface area contributed by atoms with E-state index in [1.165, 1.54) is 87.2 Å². The molecule has 15 aromatic carbocycles. The Bertz CT molecular complexity index is 6440. The maximum Gasteiger partial charge on any atom is 0.292 e. The average Bonchev–Trinajstić information content (AvgIpc) is 0.891. The molecule has 129 heavy (non-hydrogen) atoms. The summed E-state index contributed by atoms with van der Waals surface area (Å²) < 4.78 is 42.3. The lowest BCUT2D eigenvalue weighted by Gasteiger charge is -2.36. The van der Waals surface area contributed by atoms with E-state index in [9.17, 15) is 0 Å². The number of benzene rings is 15. The molecule has 0 N–H and O–H groups in total. The molecule has 0 fully saturated rings. The van der Waals surface area contributed by atoms with Crippen LogP contribution in [0.5, 0.6) is 28.7 Å². The summed E-state index contributed by atoms with van der Waals surface area (Å²) in [6, 6.07) is 143. The van der Waals surface area contributed by atoms with Gasteiger partial charge in [-0.3, -0.25) is 0 Å². The molecule has 5 heterocycles. The molecule has 6 aliphatic rings. The lowest BCUT2D eigenvalue weighted by atomic mass is 9.97. The molecule has 5 aliphatic heterocycles.